The molecule has 0 radical (unpaired) electrons. The van der Waals surface area contributed by atoms with E-state index in [0.29, 0.717) is 0 Å². The fraction of sp³-hybridized carbons (Fsp3) is 0.385. The molecule has 1 aliphatic heterocycles. The van der Waals surface area contributed by atoms with Crippen molar-refractivity contribution in [3.8, 4) is 5.75 Å². The van der Waals surface area contributed by atoms with Crippen molar-refractivity contribution in [3.05, 3.63) is 28.8 Å². The van der Waals surface area contributed by atoms with Crippen molar-refractivity contribution in [3.63, 3.8) is 0 Å². The van der Waals surface area contributed by atoms with Crippen molar-refractivity contribution in [2.75, 3.05) is 13.7 Å². The van der Waals surface area contributed by atoms with E-state index in [0.717, 1.165) is 0 Å². The van der Waals surface area contributed by atoms with Crippen molar-refractivity contribution < 1.29 is 24.5 Å². The predicted octanol–water partition coefficient (Wildman–Crippen LogP) is 1.36. The van der Waals surface area contributed by atoms with Crippen LogP contribution in [0.1, 0.15) is 16.8 Å². The fourth-order valence-electron chi connectivity index (χ4n) is 2.23. The number of aromatic hydroxyl groups is 1. The monoisotopic (exact) mass is 299 g/mol. The molecule has 1 aliphatic rings. The highest BCUT2D eigenvalue weighted by atomic mass is 35.5. The highest BCUT2D eigenvalue weighted by Crippen LogP contribution is 2.27. The molecule has 0 aliphatic carbocycles. The molecule has 1 aromatic rings. The predicted molar refractivity (Wildman–Crippen MR) is 71.0 cm³/mol. The van der Waals surface area contributed by atoms with Crippen molar-refractivity contribution in [2.45, 2.75) is 18.6 Å². The smallest absolute Gasteiger partial charge is 0.326 e. The molecule has 2 unspecified atom stereocenters. The Kier molecular flexibility index (Phi) is 4.15. The van der Waals surface area contributed by atoms with Gasteiger partial charge in [-0.3, -0.25) is 4.79 Å². The van der Waals surface area contributed by atoms with Gasteiger partial charge in [-0.15, -0.1) is 0 Å². The molecule has 108 valence electrons. The molecule has 0 spiro atoms. The van der Waals surface area contributed by atoms with E-state index in [1.54, 1.807) is 0 Å². The Morgan fingerprint density at radius 3 is 2.70 bits per heavy atom. The molecule has 6 nitrogen and oxygen atoms in total. The summed E-state index contributed by atoms with van der Waals surface area (Å²) in [5.74, 6) is -1.64. The zero-order chi connectivity index (χ0) is 14.9. The van der Waals surface area contributed by atoms with Gasteiger partial charge >= 0.3 is 5.97 Å². The van der Waals surface area contributed by atoms with Gasteiger partial charge in [0.1, 0.15) is 11.8 Å². The number of carbonyl (C=O) groups excluding carboxylic acids is 1. The molecule has 0 saturated carbocycles. The number of aliphatic carboxylic acids is 1. The zero-order valence-corrected chi connectivity index (χ0v) is 11.5. The van der Waals surface area contributed by atoms with Crippen molar-refractivity contribution in [1.82, 2.24) is 4.90 Å². The maximum absolute atomic E-state index is 12.4. The van der Waals surface area contributed by atoms with Crippen LogP contribution in [0.4, 0.5) is 0 Å². The van der Waals surface area contributed by atoms with Crippen LogP contribution in [0.15, 0.2) is 18.2 Å². The number of carbonyl (C=O) groups is 2. The Bertz CT molecular complexity index is 548. The van der Waals surface area contributed by atoms with Gasteiger partial charge in [-0.1, -0.05) is 11.6 Å². The summed E-state index contributed by atoms with van der Waals surface area (Å²) in [4.78, 5) is 24.8. The Morgan fingerprint density at radius 1 is 1.45 bits per heavy atom. The van der Waals surface area contributed by atoms with Gasteiger partial charge in [0.2, 0.25) is 0 Å². The largest absolute Gasteiger partial charge is 0.506 e. The standard InChI is InChI=1S/C13H14ClNO5/c1-20-8-5-10(13(18)19)15(6-8)12(17)7-2-3-11(16)9(14)4-7/h2-4,8,10,16H,5-6H2,1H3,(H,18,19). The molecule has 1 heterocycles. The molecule has 0 bridgehead atoms. The molecular weight excluding hydrogens is 286 g/mol. The van der Waals surface area contributed by atoms with Crippen LogP contribution in [0.25, 0.3) is 0 Å². The molecule has 2 atom stereocenters. The third-order valence-corrected chi connectivity index (χ3v) is 3.64. The van der Waals surface area contributed by atoms with E-state index in [1.807, 2.05) is 0 Å². The number of benzene rings is 1. The number of likely N-dealkylation sites (tertiary alicyclic amines) is 1. The van der Waals surface area contributed by atoms with Crippen LogP contribution >= 0.6 is 11.6 Å². The van der Waals surface area contributed by atoms with Gasteiger partial charge in [-0.2, -0.15) is 0 Å². The molecule has 1 amide bonds. The second-order valence-corrected chi connectivity index (χ2v) is 4.98. The summed E-state index contributed by atoms with van der Waals surface area (Å²) in [7, 11) is 1.48. The number of halogens is 1. The summed E-state index contributed by atoms with van der Waals surface area (Å²) in [5.41, 5.74) is 0.232. The second-order valence-electron chi connectivity index (χ2n) is 4.57. The van der Waals surface area contributed by atoms with E-state index in [1.165, 1.54) is 30.2 Å². The molecule has 1 saturated heterocycles. The quantitative estimate of drug-likeness (QED) is 0.880. The highest BCUT2D eigenvalue weighted by molar-refractivity contribution is 6.32. The summed E-state index contributed by atoms with van der Waals surface area (Å²) in [6, 6.07) is 3.11. The van der Waals surface area contributed by atoms with Crippen LogP contribution in [-0.4, -0.2) is 52.8 Å². The molecule has 0 aromatic heterocycles. The minimum atomic E-state index is -1.07. The number of hydrogen-bond donors (Lipinski definition) is 2. The molecule has 2 N–H and O–H groups in total. The number of carboxylic acid groups (broad SMARTS) is 1. The highest BCUT2D eigenvalue weighted by Gasteiger charge is 2.40. The third-order valence-electron chi connectivity index (χ3n) is 3.34. The molecule has 7 heteroatoms. The first kappa shape index (κ1) is 14.6. The molecule has 1 aromatic carbocycles. The molecular formula is C13H14ClNO5. The van der Waals surface area contributed by atoms with E-state index in [-0.39, 0.29) is 35.4 Å². The third kappa shape index (κ3) is 2.71. The Balaban J connectivity index is 2.26. The SMILES string of the molecule is COC1CC(C(=O)O)N(C(=O)c2ccc(O)c(Cl)c2)C1. The number of rotatable bonds is 3. The van der Waals surface area contributed by atoms with Gasteiger partial charge in [-0.05, 0) is 18.2 Å². The van der Waals surface area contributed by atoms with Crippen LogP contribution in [0.2, 0.25) is 5.02 Å². The van der Waals surface area contributed by atoms with E-state index >= 15 is 0 Å². The van der Waals surface area contributed by atoms with Gasteiger partial charge in [0.05, 0.1) is 11.1 Å². The first-order valence-electron chi connectivity index (χ1n) is 5.99. The van der Waals surface area contributed by atoms with Gasteiger partial charge < -0.3 is 19.8 Å². The number of nitrogens with zero attached hydrogens (tertiary/aromatic N) is 1. The number of ether oxygens (including phenoxy) is 1. The number of phenolic OH excluding ortho intramolecular Hbond substituents is 1. The Morgan fingerprint density at radius 2 is 2.15 bits per heavy atom. The summed E-state index contributed by atoms with van der Waals surface area (Å²) >= 11 is 5.76. The Labute approximate surface area is 120 Å². The maximum atomic E-state index is 12.4. The number of phenols is 1. The van der Waals surface area contributed by atoms with E-state index in [9.17, 15) is 19.8 Å². The number of amides is 1. The van der Waals surface area contributed by atoms with Gasteiger partial charge in [0, 0.05) is 25.6 Å². The van der Waals surface area contributed by atoms with E-state index < -0.39 is 17.9 Å². The minimum absolute atomic E-state index is 0.0465. The van der Waals surface area contributed by atoms with Crippen LogP contribution < -0.4 is 0 Å². The topological polar surface area (TPSA) is 87.1 Å². The lowest BCUT2D eigenvalue weighted by molar-refractivity contribution is -0.141. The summed E-state index contributed by atoms with van der Waals surface area (Å²) < 4.78 is 5.13. The lowest BCUT2D eigenvalue weighted by Crippen LogP contribution is -2.40. The van der Waals surface area contributed by atoms with Crippen molar-refractivity contribution >= 4 is 23.5 Å². The van der Waals surface area contributed by atoms with Crippen LogP contribution in [-0.2, 0) is 9.53 Å². The summed E-state index contributed by atoms with van der Waals surface area (Å²) in [6.07, 6.45) is -0.0451. The molecule has 1 fully saturated rings. The lowest BCUT2D eigenvalue weighted by atomic mass is 10.1. The summed E-state index contributed by atoms with van der Waals surface area (Å²) in [6.45, 7) is 0.213. The van der Waals surface area contributed by atoms with Gasteiger partial charge in [-0.25, -0.2) is 4.79 Å². The van der Waals surface area contributed by atoms with E-state index in [2.05, 4.69) is 0 Å². The Hall–Kier alpha value is -1.79. The minimum Gasteiger partial charge on any atom is -0.506 e. The van der Waals surface area contributed by atoms with Gasteiger partial charge in [0.15, 0.2) is 0 Å². The van der Waals surface area contributed by atoms with Crippen LogP contribution in [0.5, 0.6) is 5.75 Å². The maximum Gasteiger partial charge on any atom is 0.326 e. The van der Waals surface area contributed by atoms with Crippen molar-refractivity contribution in [2.24, 2.45) is 0 Å². The zero-order valence-electron chi connectivity index (χ0n) is 10.7. The average Bonchev–Trinajstić information content (AvgIpc) is 2.85. The van der Waals surface area contributed by atoms with Gasteiger partial charge in [0.25, 0.3) is 5.91 Å². The number of hydrogen-bond acceptors (Lipinski definition) is 4. The molecule has 2 rings (SSSR count). The van der Waals surface area contributed by atoms with Crippen molar-refractivity contribution in [1.29, 1.82) is 0 Å². The average molecular weight is 300 g/mol. The lowest BCUT2D eigenvalue weighted by Gasteiger charge is -2.21. The number of methoxy groups -OCH3 is 1. The first-order valence-corrected chi connectivity index (χ1v) is 6.37. The molecule has 20 heavy (non-hydrogen) atoms. The summed E-state index contributed by atoms with van der Waals surface area (Å²) in [5, 5.41) is 18.6. The van der Waals surface area contributed by atoms with Crippen LogP contribution in [0.3, 0.4) is 0 Å². The number of carboxylic acids is 1. The van der Waals surface area contributed by atoms with E-state index in [4.69, 9.17) is 16.3 Å². The normalized spacial score (nSPS) is 22.0. The second kappa shape index (κ2) is 5.68. The fourth-order valence-corrected chi connectivity index (χ4v) is 2.41. The first-order chi connectivity index (χ1) is 9.43. The van der Waals surface area contributed by atoms with Crippen LogP contribution in [0, 0.1) is 0 Å².